The number of nitrogens with two attached hydrogens (primary N) is 1. The van der Waals surface area contributed by atoms with E-state index >= 15 is 0 Å². The molecule has 0 bridgehead atoms. The molecule has 3 nitrogen and oxygen atoms in total. The van der Waals surface area contributed by atoms with Crippen molar-refractivity contribution in [2.75, 3.05) is 0 Å². The van der Waals surface area contributed by atoms with E-state index in [1.54, 1.807) is 0 Å². The predicted molar refractivity (Wildman–Crippen MR) is 37.6 cm³/mol. The molecule has 4 heteroatoms. The molecule has 54 valence electrons. The van der Waals surface area contributed by atoms with Gasteiger partial charge in [-0.3, -0.25) is 0 Å². The van der Waals surface area contributed by atoms with Gasteiger partial charge in [-0.15, -0.1) is 0 Å². The van der Waals surface area contributed by atoms with Crippen molar-refractivity contribution in [3.05, 3.63) is 0 Å². The molecule has 0 saturated heterocycles. The van der Waals surface area contributed by atoms with Gasteiger partial charge in [0.05, 0.1) is 0 Å². The van der Waals surface area contributed by atoms with Crippen LogP contribution < -0.4 is 5.73 Å². The highest BCUT2D eigenvalue weighted by Gasteiger charge is 2.23. The first-order chi connectivity index (χ1) is 4.09. The van der Waals surface area contributed by atoms with Crippen LogP contribution in [0.1, 0.15) is 20.3 Å². The van der Waals surface area contributed by atoms with Gasteiger partial charge in [0.2, 0.25) is 0 Å². The molecule has 0 fully saturated rings. The summed E-state index contributed by atoms with van der Waals surface area (Å²) >= 11 is 0. The lowest BCUT2D eigenvalue weighted by atomic mass is 9.72. The molecule has 4 N–H and O–H groups in total. The number of rotatable bonds is 3. The topological polar surface area (TPSA) is 66.5 Å². The minimum Gasteiger partial charge on any atom is -0.426 e. The van der Waals surface area contributed by atoms with E-state index in [0.29, 0.717) is 0 Å². The monoisotopic (exact) mass is 131 g/mol. The summed E-state index contributed by atoms with van der Waals surface area (Å²) in [5.74, 6) is -0.333. The molecule has 0 spiro atoms. The van der Waals surface area contributed by atoms with Crippen molar-refractivity contribution < 1.29 is 10.0 Å². The van der Waals surface area contributed by atoms with E-state index in [4.69, 9.17) is 15.8 Å². The van der Waals surface area contributed by atoms with E-state index in [0.717, 1.165) is 6.42 Å². The zero-order valence-corrected chi connectivity index (χ0v) is 5.91. The van der Waals surface area contributed by atoms with Crippen molar-refractivity contribution >= 4 is 7.12 Å². The molecule has 0 aromatic heterocycles. The molecule has 2 atom stereocenters. The molecule has 0 saturated carbocycles. The Kier molecular flexibility index (Phi) is 3.85. The van der Waals surface area contributed by atoms with Crippen LogP contribution in [-0.2, 0) is 0 Å². The lowest BCUT2D eigenvalue weighted by molar-refractivity contribution is 0.355. The van der Waals surface area contributed by atoms with E-state index in [1.165, 1.54) is 0 Å². The van der Waals surface area contributed by atoms with E-state index in [2.05, 4.69) is 0 Å². The van der Waals surface area contributed by atoms with Gasteiger partial charge in [-0.2, -0.15) is 0 Å². The van der Waals surface area contributed by atoms with Crippen LogP contribution in [0.15, 0.2) is 0 Å². The second-order valence-corrected chi connectivity index (χ2v) is 2.38. The van der Waals surface area contributed by atoms with Gasteiger partial charge in [0, 0.05) is 5.94 Å². The van der Waals surface area contributed by atoms with Crippen molar-refractivity contribution in [2.24, 2.45) is 11.7 Å². The predicted octanol–water partition coefficient (Wildman–Crippen LogP) is -0.628. The van der Waals surface area contributed by atoms with Crippen LogP contribution in [0.3, 0.4) is 0 Å². The van der Waals surface area contributed by atoms with Crippen molar-refractivity contribution in [3.63, 3.8) is 0 Å². The van der Waals surface area contributed by atoms with Gasteiger partial charge in [-0.05, 0) is 5.92 Å². The molecular formula is C5H14BNO2. The smallest absolute Gasteiger partial charge is 0.426 e. The van der Waals surface area contributed by atoms with E-state index in [-0.39, 0.29) is 5.92 Å². The third kappa shape index (κ3) is 2.84. The Hall–Kier alpha value is -0.0551. The fourth-order valence-corrected chi connectivity index (χ4v) is 0.566. The molecule has 0 aliphatic rings. The van der Waals surface area contributed by atoms with Crippen LogP contribution in [0.25, 0.3) is 0 Å². The van der Waals surface area contributed by atoms with Crippen LogP contribution in [0.4, 0.5) is 0 Å². The lowest BCUT2D eigenvalue weighted by Crippen LogP contribution is -2.43. The SMILES string of the molecule is CCC(C)C(N)B(O)O. The summed E-state index contributed by atoms with van der Waals surface area (Å²) < 4.78 is 0. The van der Waals surface area contributed by atoms with Crippen molar-refractivity contribution in [1.82, 2.24) is 0 Å². The maximum absolute atomic E-state index is 8.55. The zero-order chi connectivity index (χ0) is 7.44. The Morgan fingerprint density at radius 3 is 2.11 bits per heavy atom. The van der Waals surface area contributed by atoms with Gasteiger partial charge in [0.1, 0.15) is 0 Å². The highest BCUT2D eigenvalue weighted by molar-refractivity contribution is 6.43. The normalized spacial score (nSPS) is 17.0. The fraction of sp³-hybridized carbons (Fsp3) is 1.00. The molecule has 0 radical (unpaired) electrons. The molecule has 0 aromatic rings. The van der Waals surface area contributed by atoms with Crippen LogP contribution in [0, 0.1) is 5.92 Å². The lowest BCUT2D eigenvalue weighted by Gasteiger charge is -2.15. The zero-order valence-electron chi connectivity index (χ0n) is 5.91. The minimum absolute atomic E-state index is 0.171. The second kappa shape index (κ2) is 3.87. The van der Waals surface area contributed by atoms with Gasteiger partial charge in [0.25, 0.3) is 0 Å². The molecular weight excluding hydrogens is 117 g/mol. The van der Waals surface area contributed by atoms with Gasteiger partial charge in [-0.25, -0.2) is 0 Å². The first kappa shape index (κ1) is 8.94. The Morgan fingerprint density at radius 1 is 1.56 bits per heavy atom. The van der Waals surface area contributed by atoms with Crippen molar-refractivity contribution in [1.29, 1.82) is 0 Å². The first-order valence-corrected chi connectivity index (χ1v) is 3.21. The third-order valence-corrected chi connectivity index (χ3v) is 1.65. The summed E-state index contributed by atoms with van der Waals surface area (Å²) in [6, 6.07) is 0. The fourth-order valence-electron chi connectivity index (χ4n) is 0.566. The highest BCUT2D eigenvalue weighted by atomic mass is 16.4. The molecule has 0 aromatic carbocycles. The minimum atomic E-state index is -1.38. The summed E-state index contributed by atoms with van der Waals surface area (Å²) in [5, 5.41) is 17.1. The summed E-state index contributed by atoms with van der Waals surface area (Å²) in [5.41, 5.74) is 5.37. The summed E-state index contributed by atoms with van der Waals surface area (Å²) in [4.78, 5) is 0. The summed E-state index contributed by atoms with van der Waals surface area (Å²) in [6.07, 6.45) is 0.874. The van der Waals surface area contributed by atoms with Crippen LogP contribution >= 0.6 is 0 Å². The average Bonchev–Trinajstić information content (AvgIpc) is 1.84. The van der Waals surface area contributed by atoms with Gasteiger partial charge < -0.3 is 15.8 Å². The molecule has 2 unspecified atom stereocenters. The van der Waals surface area contributed by atoms with E-state index in [9.17, 15) is 0 Å². The summed E-state index contributed by atoms with van der Waals surface area (Å²) in [6.45, 7) is 3.86. The third-order valence-electron chi connectivity index (χ3n) is 1.65. The van der Waals surface area contributed by atoms with E-state index < -0.39 is 13.1 Å². The standard InChI is InChI=1S/C5H14BNO2/c1-3-4(2)5(7)6(8)9/h4-5,8-9H,3,7H2,1-2H3. The Morgan fingerprint density at radius 2 is 2.00 bits per heavy atom. The molecule has 0 rings (SSSR count). The van der Waals surface area contributed by atoms with Gasteiger partial charge >= 0.3 is 7.12 Å². The van der Waals surface area contributed by atoms with Crippen molar-refractivity contribution in [2.45, 2.75) is 26.2 Å². The first-order valence-electron chi connectivity index (χ1n) is 3.21. The van der Waals surface area contributed by atoms with E-state index in [1.807, 2.05) is 13.8 Å². The average molecular weight is 131 g/mol. The number of hydrogen-bond acceptors (Lipinski definition) is 3. The second-order valence-electron chi connectivity index (χ2n) is 2.38. The quantitative estimate of drug-likeness (QED) is 0.447. The highest BCUT2D eigenvalue weighted by Crippen LogP contribution is 2.04. The molecule has 0 heterocycles. The van der Waals surface area contributed by atoms with Crippen molar-refractivity contribution in [3.8, 4) is 0 Å². The Labute approximate surface area is 56.0 Å². The Bertz CT molecular complexity index is 79.4. The maximum atomic E-state index is 8.55. The molecule has 0 amide bonds. The van der Waals surface area contributed by atoms with Crippen LogP contribution in [-0.4, -0.2) is 23.1 Å². The summed E-state index contributed by atoms with van der Waals surface area (Å²) in [7, 11) is -1.38. The maximum Gasteiger partial charge on any atom is 0.469 e. The molecule has 0 aliphatic carbocycles. The van der Waals surface area contributed by atoms with Gasteiger partial charge in [0.15, 0.2) is 0 Å². The molecule has 9 heavy (non-hydrogen) atoms. The molecule has 0 aliphatic heterocycles. The van der Waals surface area contributed by atoms with Crippen LogP contribution in [0.2, 0.25) is 0 Å². The van der Waals surface area contributed by atoms with Crippen LogP contribution in [0.5, 0.6) is 0 Å². The Balaban J connectivity index is 3.58. The number of hydrogen-bond donors (Lipinski definition) is 3. The van der Waals surface area contributed by atoms with Gasteiger partial charge in [-0.1, -0.05) is 20.3 Å². The largest absolute Gasteiger partial charge is 0.469 e.